The van der Waals surface area contributed by atoms with E-state index in [-0.39, 0.29) is 12.0 Å². The molecule has 0 spiro atoms. The topological polar surface area (TPSA) is 91.4 Å². The van der Waals surface area contributed by atoms with Crippen LogP contribution in [-0.4, -0.2) is 52.1 Å². The van der Waals surface area contributed by atoms with Crippen LogP contribution in [0.3, 0.4) is 0 Å². The van der Waals surface area contributed by atoms with Gasteiger partial charge in [-0.05, 0) is 36.6 Å². The number of aromatic hydroxyl groups is 1. The van der Waals surface area contributed by atoms with Gasteiger partial charge >= 0.3 is 0 Å². The standard InChI is InChI=1S/C18H24N6O/c1-12(16-20-17(19)22-18(21-16)23(2)3)24-10-8-14(9-11-24)13-4-6-15(25)7-5-13/h4-8,12,25H,9-11H2,1-3H3,(H2,19,20,21,22). The van der Waals surface area contributed by atoms with Crippen molar-refractivity contribution in [3.8, 4) is 5.75 Å². The van der Waals surface area contributed by atoms with Gasteiger partial charge in [-0.1, -0.05) is 18.2 Å². The van der Waals surface area contributed by atoms with Crippen LogP contribution in [0, 0.1) is 0 Å². The van der Waals surface area contributed by atoms with Gasteiger partial charge in [-0.3, -0.25) is 4.90 Å². The van der Waals surface area contributed by atoms with Crippen LogP contribution in [0.2, 0.25) is 0 Å². The van der Waals surface area contributed by atoms with Crippen molar-refractivity contribution in [2.24, 2.45) is 0 Å². The maximum absolute atomic E-state index is 9.42. The fourth-order valence-corrected chi connectivity index (χ4v) is 2.92. The molecule has 7 nitrogen and oxygen atoms in total. The van der Waals surface area contributed by atoms with Crippen LogP contribution in [0.5, 0.6) is 5.75 Å². The molecule has 0 saturated carbocycles. The Balaban J connectivity index is 1.75. The van der Waals surface area contributed by atoms with E-state index < -0.39 is 0 Å². The van der Waals surface area contributed by atoms with Gasteiger partial charge in [0.2, 0.25) is 11.9 Å². The zero-order valence-electron chi connectivity index (χ0n) is 14.8. The van der Waals surface area contributed by atoms with Gasteiger partial charge < -0.3 is 15.7 Å². The van der Waals surface area contributed by atoms with Crippen molar-refractivity contribution in [2.75, 3.05) is 37.8 Å². The molecule has 1 aliphatic rings. The lowest BCUT2D eigenvalue weighted by molar-refractivity contribution is 0.225. The minimum absolute atomic E-state index is 0.0571. The maximum atomic E-state index is 9.42. The number of benzene rings is 1. The molecular formula is C18H24N6O. The van der Waals surface area contributed by atoms with Crippen molar-refractivity contribution >= 4 is 17.5 Å². The first-order valence-corrected chi connectivity index (χ1v) is 8.35. The van der Waals surface area contributed by atoms with Gasteiger partial charge in [-0.2, -0.15) is 15.0 Å². The van der Waals surface area contributed by atoms with Gasteiger partial charge in [0.15, 0.2) is 5.82 Å². The molecule has 1 aromatic heterocycles. The number of hydrogen-bond donors (Lipinski definition) is 2. The van der Waals surface area contributed by atoms with Gasteiger partial charge in [0, 0.05) is 27.2 Å². The van der Waals surface area contributed by atoms with Crippen molar-refractivity contribution in [3.63, 3.8) is 0 Å². The van der Waals surface area contributed by atoms with Crippen molar-refractivity contribution in [1.29, 1.82) is 0 Å². The number of hydrogen-bond acceptors (Lipinski definition) is 7. The second-order valence-electron chi connectivity index (χ2n) is 6.44. The van der Waals surface area contributed by atoms with Crippen LogP contribution in [0.1, 0.15) is 30.8 Å². The molecule has 0 bridgehead atoms. The quantitative estimate of drug-likeness (QED) is 0.880. The number of anilines is 2. The van der Waals surface area contributed by atoms with E-state index in [0.29, 0.717) is 17.5 Å². The third-order valence-corrected chi connectivity index (χ3v) is 4.46. The monoisotopic (exact) mass is 340 g/mol. The van der Waals surface area contributed by atoms with E-state index in [9.17, 15) is 5.11 Å². The second-order valence-corrected chi connectivity index (χ2v) is 6.44. The molecule has 132 valence electrons. The summed E-state index contributed by atoms with van der Waals surface area (Å²) in [7, 11) is 3.77. The molecule has 0 aliphatic carbocycles. The first kappa shape index (κ1) is 17.2. The number of phenols is 1. The second kappa shape index (κ2) is 7.06. The maximum Gasteiger partial charge on any atom is 0.229 e. The SMILES string of the molecule is CC(c1nc(N)nc(N(C)C)n1)N1CC=C(c2ccc(O)cc2)CC1. The molecule has 1 aliphatic heterocycles. The molecular weight excluding hydrogens is 316 g/mol. The van der Waals surface area contributed by atoms with Crippen LogP contribution in [-0.2, 0) is 0 Å². The highest BCUT2D eigenvalue weighted by Gasteiger charge is 2.22. The van der Waals surface area contributed by atoms with Crippen LogP contribution in [0.4, 0.5) is 11.9 Å². The van der Waals surface area contributed by atoms with E-state index in [1.807, 2.05) is 31.1 Å². The number of nitrogens with zero attached hydrogens (tertiary/aromatic N) is 5. The fraction of sp³-hybridized carbons (Fsp3) is 0.389. The zero-order valence-corrected chi connectivity index (χ0v) is 14.8. The minimum Gasteiger partial charge on any atom is -0.508 e. The lowest BCUT2D eigenvalue weighted by Gasteiger charge is -2.31. The summed E-state index contributed by atoms with van der Waals surface area (Å²) in [4.78, 5) is 17.1. The summed E-state index contributed by atoms with van der Waals surface area (Å²) in [6, 6.07) is 7.41. The zero-order chi connectivity index (χ0) is 18.0. The summed E-state index contributed by atoms with van der Waals surface area (Å²) in [6.45, 7) is 3.82. The third kappa shape index (κ3) is 3.88. The molecule has 3 rings (SSSR count). The molecule has 25 heavy (non-hydrogen) atoms. The van der Waals surface area contributed by atoms with Crippen molar-refractivity contribution in [2.45, 2.75) is 19.4 Å². The Morgan fingerprint density at radius 3 is 2.48 bits per heavy atom. The highest BCUT2D eigenvalue weighted by molar-refractivity contribution is 5.67. The number of phenolic OH excluding ortho intramolecular Hbond substituents is 1. The number of rotatable bonds is 4. The van der Waals surface area contributed by atoms with Crippen molar-refractivity contribution < 1.29 is 5.11 Å². The van der Waals surface area contributed by atoms with E-state index in [1.54, 1.807) is 12.1 Å². The molecule has 0 saturated heterocycles. The average Bonchev–Trinajstić information content (AvgIpc) is 2.61. The Kier molecular flexibility index (Phi) is 4.85. The Morgan fingerprint density at radius 1 is 1.16 bits per heavy atom. The predicted molar refractivity (Wildman–Crippen MR) is 99.3 cm³/mol. The molecule has 0 radical (unpaired) electrons. The first-order chi connectivity index (χ1) is 11.9. The molecule has 0 fully saturated rings. The summed E-state index contributed by atoms with van der Waals surface area (Å²) in [5.41, 5.74) is 8.29. The van der Waals surface area contributed by atoms with Gasteiger partial charge in [0.1, 0.15) is 5.75 Å². The molecule has 0 amide bonds. The Labute approximate surface area is 147 Å². The molecule has 7 heteroatoms. The molecule has 1 unspecified atom stereocenters. The number of aromatic nitrogens is 3. The summed E-state index contributed by atoms with van der Waals surface area (Å²) in [6.07, 6.45) is 3.17. The summed E-state index contributed by atoms with van der Waals surface area (Å²) in [5, 5.41) is 9.42. The van der Waals surface area contributed by atoms with Gasteiger partial charge in [0.05, 0.1) is 6.04 Å². The Bertz CT molecular complexity index is 772. The first-order valence-electron chi connectivity index (χ1n) is 8.35. The van der Waals surface area contributed by atoms with E-state index in [2.05, 4.69) is 32.9 Å². The largest absolute Gasteiger partial charge is 0.508 e. The molecule has 3 N–H and O–H groups in total. The summed E-state index contributed by atoms with van der Waals surface area (Å²) >= 11 is 0. The number of nitrogens with two attached hydrogens (primary N) is 1. The number of nitrogen functional groups attached to an aromatic ring is 1. The van der Waals surface area contributed by atoms with Gasteiger partial charge in [0.25, 0.3) is 0 Å². The van der Waals surface area contributed by atoms with Crippen LogP contribution >= 0.6 is 0 Å². The molecule has 1 aromatic carbocycles. The minimum atomic E-state index is 0.0571. The smallest absolute Gasteiger partial charge is 0.229 e. The van der Waals surface area contributed by atoms with Gasteiger partial charge in [-0.15, -0.1) is 0 Å². The van der Waals surface area contributed by atoms with Crippen molar-refractivity contribution in [1.82, 2.24) is 19.9 Å². The highest BCUT2D eigenvalue weighted by Crippen LogP contribution is 2.28. The van der Waals surface area contributed by atoms with E-state index in [0.717, 1.165) is 25.1 Å². The lowest BCUT2D eigenvalue weighted by atomic mass is 9.98. The Hall–Kier alpha value is -2.67. The fourth-order valence-electron chi connectivity index (χ4n) is 2.92. The van der Waals surface area contributed by atoms with Crippen molar-refractivity contribution in [3.05, 3.63) is 41.7 Å². The van der Waals surface area contributed by atoms with Crippen LogP contribution < -0.4 is 10.6 Å². The third-order valence-electron chi connectivity index (χ3n) is 4.46. The normalized spacial score (nSPS) is 16.4. The van der Waals surface area contributed by atoms with Crippen LogP contribution in [0.25, 0.3) is 5.57 Å². The lowest BCUT2D eigenvalue weighted by Crippen LogP contribution is -2.32. The van der Waals surface area contributed by atoms with E-state index in [4.69, 9.17) is 5.73 Å². The molecule has 2 heterocycles. The van der Waals surface area contributed by atoms with E-state index in [1.165, 1.54) is 5.57 Å². The van der Waals surface area contributed by atoms with Gasteiger partial charge in [-0.25, -0.2) is 0 Å². The Morgan fingerprint density at radius 2 is 1.88 bits per heavy atom. The predicted octanol–water partition coefficient (Wildman–Crippen LogP) is 2.08. The van der Waals surface area contributed by atoms with Crippen LogP contribution in [0.15, 0.2) is 30.3 Å². The summed E-state index contributed by atoms with van der Waals surface area (Å²) in [5.74, 6) is 1.81. The van der Waals surface area contributed by atoms with E-state index >= 15 is 0 Å². The average molecular weight is 340 g/mol. The summed E-state index contributed by atoms with van der Waals surface area (Å²) < 4.78 is 0. The molecule has 1 atom stereocenters. The highest BCUT2D eigenvalue weighted by atomic mass is 16.3. The molecule has 2 aromatic rings.